The van der Waals surface area contributed by atoms with Gasteiger partial charge < -0.3 is 15.2 Å². The quantitative estimate of drug-likeness (QED) is 0.714. The first-order valence-corrected chi connectivity index (χ1v) is 4.22. The SMILES string of the molecule is COCC(=O)Nc1ccc(O)cc1C. The Morgan fingerprint density at radius 1 is 1.57 bits per heavy atom. The van der Waals surface area contributed by atoms with Gasteiger partial charge in [0.2, 0.25) is 5.91 Å². The average molecular weight is 195 g/mol. The first-order valence-electron chi connectivity index (χ1n) is 4.22. The van der Waals surface area contributed by atoms with Crippen LogP contribution in [0.25, 0.3) is 0 Å². The van der Waals surface area contributed by atoms with Gasteiger partial charge >= 0.3 is 0 Å². The minimum absolute atomic E-state index is 0.0281. The lowest BCUT2D eigenvalue weighted by Crippen LogP contribution is -2.17. The number of carbonyl (C=O) groups excluding carboxylic acids is 1. The van der Waals surface area contributed by atoms with Crippen molar-refractivity contribution in [3.63, 3.8) is 0 Å². The van der Waals surface area contributed by atoms with Crippen LogP contribution in [0.5, 0.6) is 5.75 Å². The third-order valence-electron chi connectivity index (χ3n) is 1.76. The number of hydrogen-bond acceptors (Lipinski definition) is 3. The summed E-state index contributed by atoms with van der Waals surface area (Å²) < 4.78 is 4.68. The highest BCUT2D eigenvalue weighted by Crippen LogP contribution is 2.19. The molecule has 14 heavy (non-hydrogen) atoms. The summed E-state index contributed by atoms with van der Waals surface area (Å²) in [6.45, 7) is 1.84. The van der Waals surface area contributed by atoms with E-state index >= 15 is 0 Å². The van der Waals surface area contributed by atoms with Gasteiger partial charge in [0.15, 0.2) is 0 Å². The Hall–Kier alpha value is -1.55. The lowest BCUT2D eigenvalue weighted by Gasteiger charge is -2.07. The number of phenols is 1. The van der Waals surface area contributed by atoms with Gasteiger partial charge in [0, 0.05) is 12.8 Å². The molecule has 0 atom stereocenters. The molecule has 4 nitrogen and oxygen atoms in total. The van der Waals surface area contributed by atoms with Gasteiger partial charge in [-0.2, -0.15) is 0 Å². The average Bonchev–Trinajstić information content (AvgIpc) is 2.10. The maximum Gasteiger partial charge on any atom is 0.250 e. The standard InChI is InChI=1S/C10H13NO3/c1-7-5-8(12)3-4-9(7)11-10(13)6-14-2/h3-5,12H,6H2,1-2H3,(H,11,13). The number of ether oxygens (including phenoxy) is 1. The second kappa shape index (κ2) is 4.62. The molecule has 0 aromatic heterocycles. The zero-order valence-corrected chi connectivity index (χ0v) is 8.20. The first kappa shape index (κ1) is 10.5. The number of hydrogen-bond donors (Lipinski definition) is 2. The number of aryl methyl sites for hydroxylation is 1. The monoisotopic (exact) mass is 195 g/mol. The summed E-state index contributed by atoms with van der Waals surface area (Å²) in [5, 5.41) is 11.8. The minimum Gasteiger partial charge on any atom is -0.508 e. The van der Waals surface area contributed by atoms with Gasteiger partial charge in [-0.3, -0.25) is 4.79 Å². The third kappa shape index (κ3) is 2.74. The Morgan fingerprint density at radius 3 is 2.86 bits per heavy atom. The molecule has 0 aliphatic rings. The molecule has 1 aromatic carbocycles. The summed E-state index contributed by atoms with van der Waals surface area (Å²) in [4.78, 5) is 11.2. The van der Waals surface area contributed by atoms with Crippen LogP contribution in [0.15, 0.2) is 18.2 Å². The van der Waals surface area contributed by atoms with Crippen molar-refractivity contribution in [2.75, 3.05) is 19.0 Å². The van der Waals surface area contributed by atoms with Crippen molar-refractivity contribution < 1.29 is 14.6 Å². The number of benzene rings is 1. The molecule has 0 saturated heterocycles. The van der Waals surface area contributed by atoms with Crippen LogP contribution < -0.4 is 5.32 Å². The van der Waals surface area contributed by atoms with Crippen LogP contribution in [-0.4, -0.2) is 24.7 Å². The highest BCUT2D eigenvalue weighted by atomic mass is 16.5. The van der Waals surface area contributed by atoms with Crippen molar-refractivity contribution in [2.24, 2.45) is 0 Å². The van der Waals surface area contributed by atoms with Crippen LogP contribution in [0.4, 0.5) is 5.69 Å². The number of nitrogens with one attached hydrogen (secondary N) is 1. The van der Waals surface area contributed by atoms with E-state index in [2.05, 4.69) is 10.1 Å². The molecule has 0 unspecified atom stereocenters. The van der Waals surface area contributed by atoms with Crippen molar-refractivity contribution >= 4 is 11.6 Å². The van der Waals surface area contributed by atoms with E-state index in [1.165, 1.54) is 13.2 Å². The van der Waals surface area contributed by atoms with Gasteiger partial charge in [-0.25, -0.2) is 0 Å². The fourth-order valence-corrected chi connectivity index (χ4v) is 1.11. The Morgan fingerprint density at radius 2 is 2.29 bits per heavy atom. The third-order valence-corrected chi connectivity index (χ3v) is 1.76. The zero-order valence-electron chi connectivity index (χ0n) is 8.20. The molecular weight excluding hydrogens is 182 g/mol. The van der Waals surface area contributed by atoms with Crippen LogP contribution in [0.2, 0.25) is 0 Å². The van der Waals surface area contributed by atoms with Gasteiger partial charge in [-0.05, 0) is 30.7 Å². The molecule has 0 spiro atoms. The van der Waals surface area contributed by atoms with Crippen molar-refractivity contribution in [1.29, 1.82) is 0 Å². The molecule has 2 N–H and O–H groups in total. The highest BCUT2D eigenvalue weighted by Gasteiger charge is 2.03. The maximum atomic E-state index is 11.2. The number of methoxy groups -OCH3 is 1. The normalized spacial score (nSPS) is 9.86. The van der Waals surface area contributed by atoms with Gasteiger partial charge in [-0.15, -0.1) is 0 Å². The highest BCUT2D eigenvalue weighted by molar-refractivity contribution is 5.92. The fourth-order valence-electron chi connectivity index (χ4n) is 1.11. The summed E-state index contributed by atoms with van der Waals surface area (Å²) in [6, 6.07) is 4.76. The number of carbonyl (C=O) groups is 1. The Kier molecular flexibility index (Phi) is 3.48. The first-order chi connectivity index (χ1) is 6.63. The summed E-state index contributed by atoms with van der Waals surface area (Å²) in [5.41, 5.74) is 1.50. The number of aromatic hydroxyl groups is 1. The topological polar surface area (TPSA) is 58.6 Å². The fraction of sp³-hybridized carbons (Fsp3) is 0.300. The molecule has 1 aromatic rings. The van der Waals surface area contributed by atoms with Crippen LogP contribution in [-0.2, 0) is 9.53 Å². The summed E-state index contributed by atoms with van der Waals surface area (Å²) in [7, 11) is 1.46. The van der Waals surface area contributed by atoms with E-state index in [0.717, 1.165) is 5.56 Å². The Balaban J connectivity index is 2.72. The zero-order chi connectivity index (χ0) is 10.6. The Labute approximate surface area is 82.5 Å². The van der Waals surface area contributed by atoms with E-state index in [-0.39, 0.29) is 18.3 Å². The molecular formula is C10H13NO3. The van der Waals surface area contributed by atoms with Gasteiger partial charge in [0.1, 0.15) is 12.4 Å². The van der Waals surface area contributed by atoms with Crippen molar-refractivity contribution in [3.05, 3.63) is 23.8 Å². The summed E-state index contributed by atoms with van der Waals surface area (Å²) in [5.74, 6) is -0.0199. The number of phenolic OH excluding ortho intramolecular Hbond substituents is 1. The second-order valence-corrected chi connectivity index (χ2v) is 2.98. The number of rotatable bonds is 3. The minimum atomic E-state index is -0.207. The molecule has 0 heterocycles. The molecule has 1 rings (SSSR count). The van der Waals surface area contributed by atoms with E-state index < -0.39 is 0 Å². The molecule has 0 bridgehead atoms. The molecule has 0 radical (unpaired) electrons. The van der Waals surface area contributed by atoms with Gasteiger partial charge in [0.25, 0.3) is 0 Å². The Bertz CT molecular complexity index is 336. The van der Waals surface area contributed by atoms with Gasteiger partial charge in [0.05, 0.1) is 0 Å². The largest absolute Gasteiger partial charge is 0.508 e. The number of amides is 1. The molecule has 4 heteroatoms. The second-order valence-electron chi connectivity index (χ2n) is 2.98. The maximum absolute atomic E-state index is 11.2. The van der Waals surface area contributed by atoms with Crippen molar-refractivity contribution in [2.45, 2.75) is 6.92 Å². The predicted molar refractivity (Wildman–Crippen MR) is 53.3 cm³/mol. The van der Waals surface area contributed by atoms with E-state index in [1.54, 1.807) is 12.1 Å². The smallest absolute Gasteiger partial charge is 0.250 e. The van der Waals surface area contributed by atoms with E-state index in [0.29, 0.717) is 5.69 Å². The van der Waals surface area contributed by atoms with Crippen LogP contribution in [0.3, 0.4) is 0 Å². The molecule has 0 aliphatic heterocycles. The van der Waals surface area contributed by atoms with Crippen LogP contribution in [0.1, 0.15) is 5.56 Å². The molecule has 1 amide bonds. The molecule has 0 saturated carbocycles. The summed E-state index contributed by atoms with van der Waals surface area (Å²) in [6.07, 6.45) is 0. The van der Waals surface area contributed by atoms with E-state index in [4.69, 9.17) is 5.11 Å². The van der Waals surface area contributed by atoms with Crippen LogP contribution >= 0.6 is 0 Å². The lowest BCUT2D eigenvalue weighted by molar-refractivity contribution is -0.119. The molecule has 76 valence electrons. The van der Waals surface area contributed by atoms with Crippen molar-refractivity contribution in [3.8, 4) is 5.75 Å². The van der Waals surface area contributed by atoms with Crippen molar-refractivity contribution in [1.82, 2.24) is 0 Å². The molecule has 0 fully saturated rings. The number of anilines is 1. The predicted octanol–water partition coefficient (Wildman–Crippen LogP) is 1.29. The van der Waals surface area contributed by atoms with Crippen LogP contribution in [0, 0.1) is 6.92 Å². The molecule has 0 aliphatic carbocycles. The lowest BCUT2D eigenvalue weighted by atomic mass is 10.2. The van der Waals surface area contributed by atoms with E-state index in [9.17, 15) is 4.79 Å². The van der Waals surface area contributed by atoms with E-state index in [1.807, 2.05) is 6.92 Å². The summed E-state index contributed by atoms with van der Waals surface area (Å²) >= 11 is 0. The van der Waals surface area contributed by atoms with Gasteiger partial charge in [-0.1, -0.05) is 0 Å².